The van der Waals surface area contributed by atoms with Crippen LogP contribution in [-0.2, 0) is 25.5 Å². The number of thiophene rings is 1. The van der Waals surface area contributed by atoms with Gasteiger partial charge < -0.3 is 9.97 Å². The Morgan fingerprint density at radius 2 is 1.18 bits per heavy atom. The molecular weight excluding hydrogens is 733 g/mol. The molecule has 0 saturated carbocycles. The van der Waals surface area contributed by atoms with Gasteiger partial charge in [0.2, 0.25) is 0 Å². The molecule has 0 spiro atoms. The molecule has 217 valence electrons. The summed E-state index contributed by atoms with van der Waals surface area (Å²) in [7, 11) is 0. The van der Waals surface area contributed by atoms with Crippen LogP contribution in [0.4, 0.5) is 0 Å². The van der Waals surface area contributed by atoms with Crippen molar-refractivity contribution in [1.29, 1.82) is 0 Å². The molecule has 3 aromatic heterocycles. The molecule has 4 heteroatoms. The summed E-state index contributed by atoms with van der Waals surface area (Å²) in [6, 6.07) is 46.9. The second-order valence-corrected chi connectivity index (χ2v) is 12.8. The first kappa shape index (κ1) is 29.8. The number of aromatic nitrogens is 2. The van der Waals surface area contributed by atoms with Crippen LogP contribution in [0.2, 0.25) is 0 Å². The van der Waals surface area contributed by atoms with Crippen LogP contribution in [0.15, 0.2) is 128 Å². The van der Waals surface area contributed by atoms with Gasteiger partial charge in [0.15, 0.2) is 0 Å². The van der Waals surface area contributed by atoms with Gasteiger partial charge in [0.25, 0.3) is 0 Å². The Balaban J connectivity index is 0.000000156. The van der Waals surface area contributed by atoms with E-state index in [0.717, 1.165) is 22.5 Å². The summed E-state index contributed by atoms with van der Waals surface area (Å²) in [5.41, 5.74) is 5.55. The summed E-state index contributed by atoms with van der Waals surface area (Å²) in [5, 5.41) is 7.64. The van der Waals surface area contributed by atoms with E-state index in [1.807, 2.05) is 60.1 Å². The van der Waals surface area contributed by atoms with E-state index in [0.29, 0.717) is 0 Å². The van der Waals surface area contributed by atoms with Crippen molar-refractivity contribution in [3.63, 3.8) is 0 Å². The zero-order valence-electron chi connectivity index (χ0n) is 24.8. The van der Waals surface area contributed by atoms with Gasteiger partial charge in [-0.1, -0.05) is 110 Å². The number of rotatable bonds is 2. The van der Waals surface area contributed by atoms with Crippen molar-refractivity contribution >= 4 is 53.1 Å². The fraction of sp³-hybridized carbons (Fsp3) is 0.100. The summed E-state index contributed by atoms with van der Waals surface area (Å²) < 4.78 is 2.60. The van der Waals surface area contributed by atoms with Gasteiger partial charge in [-0.15, -0.1) is 52.9 Å². The first-order valence-corrected chi connectivity index (χ1v) is 15.3. The quantitative estimate of drug-likeness (QED) is 0.129. The maximum Gasteiger partial charge on any atom is 0.0239 e. The van der Waals surface area contributed by atoms with Crippen LogP contribution in [0, 0.1) is 12.1 Å². The van der Waals surface area contributed by atoms with Crippen molar-refractivity contribution in [2.75, 3.05) is 0 Å². The molecule has 44 heavy (non-hydrogen) atoms. The molecule has 0 bridgehead atoms. The molecule has 0 saturated heterocycles. The summed E-state index contributed by atoms with van der Waals surface area (Å²) in [5.74, 6) is 0. The average Bonchev–Trinajstić information content (AvgIpc) is 3.43. The molecule has 8 aromatic rings. The number of hydrogen-bond acceptors (Lipinski definition) is 3. The average molecular weight is 763 g/mol. The first-order valence-electron chi connectivity index (χ1n) is 14.5. The molecule has 0 N–H and O–H groups in total. The number of hydrogen-bond donors (Lipinski definition) is 0. The molecule has 1 radical (unpaired) electrons. The fourth-order valence-corrected chi connectivity index (χ4v) is 6.55. The van der Waals surface area contributed by atoms with Crippen molar-refractivity contribution in [3.8, 4) is 22.5 Å². The molecule has 0 aliphatic heterocycles. The van der Waals surface area contributed by atoms with Crippen LogP contribution in [-0.4, -0.2) is 9.97 Å². The maximum atomic E-state index is 4.43. The van der Waals surface area contributed by atoms with Gasteiger partial charge in [-0.2, -0.15) is 11.3 Å². The second-order valence-electron chi connectivity index (χ2n) is 11.8. The third kappa shape index (κ3) is 5.94. The Kier molecular flexibility index (Phi) is 8.42. The normalized spacial score (nSPS) is 11.3. The molecule has 0 aliphatic rings. The van der Waals surface area contributed by atoms with Crippen molar-refractivity contribution in [2.45, 2.75) is 26.2 Å². The third-order valence-electron chi connectivity index (χ3n) is 7.82. The number of pyridine rings is 2. The third-order valence-corrected chi connectivity index (χ3v) is 8.96. The Hall–Kier alpha value is -4.21. The van der Waals surface area contributed by atoms with Crippen LogP contribution < -0.4 is 0 Å². The first-order chi connectivity index (χ1) is 20.9. The van der Waals surface area contributed by atoms with Gasteiger partial charge >= 0.3 is 0 Å². The van der Waals surface area contributed by atoms with Crippen LogP contribution in [0.1, 0.15) is 26.3 Å². The zero-order chi connectivity index (χ0) is 29.4. The van der Waals surface area contributed by atoms with E-state index in [4.69, 9.17) is 0 Å². The largest absolute Gasteiger partial charge is 0.305 e. The van der Waals surface area contributed by atoms with E-state index in [2.05, 4.69) is 122 Å². The Morgan fingerprint density at radius 1 is 0.545 bits per heavy atom. The zero-order valence-corrected chi connectivity index (χ0v) is 28.0. The van der Waals surface area contributed by atoms with Gasteiger partial charge in [-0.3, -0.25) is 0 Å². The molecule has 0 amide bonds. The molecule has 0 unspecified atom stereocenters. The van der Waals surface area contributed by atoms with Crippen LogP contribution in [0.25, 0.3) is 64.2 Å². The van der Waals surface area contributed by atoms with E-state index in [-0.39, 0.29) is 25.5 Å². The van der Waals surface area contributed by atoms with Crippen molar-refractivity contribution in [2.24, 2.45) is 0 Å². The van der Waals surface area contributed by atoms with Gasteiger partial charge in [0, 0.05) is 37.2 Å². The standard InChI is InChI=1S/C23H20N.C17H10NS.Ir/c1-23(2,3)19-10-12-21-17(15-19)8-7-16-14-18(9-11-20(16)21)22-6-4-5-13-24-22;1-2-7-16-13(5-1)14-11-12(8-9-17(14)19-16)15-6-3-4-10-18-15;/h4-8,10-15H,1-3H3;1-7,9-11H;/q2*-1;. The smallest absolute Gasteiger partial charge is 0.0239 e. The van der Waals surface area contributed by atoms with Crippen molar-refractivity contribution < 1.29 is 20.1 Å². The molecule has 8 rings (SSSR count). The molecule has 5 aromatic carbocycles. The van der Waals surface area contributed by atoms with Crippen LogP contribution in [0.5, 0.6) is 0 Å². The Bertz CT molecular complexity index is 2210. The minimum Gasteiger partial charge on any atom is -0.305 e. The molecule has 3 heterocycles. The van der Waals surface area contributed by atoms with E-state index >= 15 is 0 Å². The number of benzene rings is 5. The van der Waals surface area contributed by atoms with Gasteiger partial charge in [-0.25, -0.2) is 0 Å². The number of nitrogens with zero attached hydrogens (tertiary/aromatic N) is 2. The van der Waals surface area contributed by atoms with Gasteiger partial charge in [0.1, 0.15) is 0 Å². The van der Waals surface area contributed by atoms with Crippen molar-refractivity contribution in [1.82, 2.24) is 9.97 Å². The molecule has 0 aliphatic carbocycles. The molecule has 2 nitrogen and oxygen atoms in total. The molecule has 0 fully saturated rings. The topological polar surface area (TPSA) is 25.8 Å². The maximum absolute atomic E-state index is 4.43. The van der Waals surface area contributed by atoms with E-state index < -0.39 is 0 Å². The van der Waals surface area contributed by atoms with E-state index in [1.165, 1.54) is 47.3 Å². The minimum atomic E-state index is 0. The summed E-state index contributed by atoms with van der Waals surface area (Å²) in [6.07, 6.45) is 3.64. The van der Waals surface area contributed by atoms with Crippen LogP contribution in [0.3, 0.4) is 0 Å². The predicted octanol–water partition coefficient (Wildman–Crippen LogP) is 11.1. The number of fused-ring (bicyclic) bond motifs is 6. The van der Waals surface area contributed by atoms with E-state index in [1.54, 1.807) is 0 Å². The molecular formula is C40H30IrN2S-2. The van der Waals surface area contributed by atoms with Gasteiger partial charge in [-0.05, 0) is 56.0 Å². The van der Waals surface area contributed by atoms with E-state index in [9.17, 15) is 0 Å². The Morgan fingerprint density at radius 3 is 1.86 bits per heavy atom. The van der Waals surface area contributed by atoms with Gasteiger partial charge in [0.05, 0.1) is 0 Å². The summed E-state index contributed by atoms with van der Waals surface area (Å²) >= 11 is 1.81. The molecule has 0 atom stereocenters. The van der Waals surface area contributed by atoms with Crippen LogP contribution >= 0.6 is 11.3 Å². The fourth-order valence-electron chi connectivity index (χ4n) is 5.48. The summed E-state index contributed by atoms with van der Waals surface area (Å²) in [6.45, 7) is 6.76. The predicted molar refractivity (Wildman–Crippen MR) is 184 cm³/mol. The Labute approximate surface area is 275 Å². The second kappa shape index (κ2) is 12.4. The minimum absolute atomic E-state index is 0. The summed E-state index contributed by atoms with van der Waals surface area (Å²) in [4.78, 5) is 8.82. The SMILES string of the molecule is CC(C)(C)c1ccc2c(ccc3cc(-c4ccccn4)[c-]cc32)c1.[Ir].[c-]1cc2sc3ccccc3c2cc1-c1ccccn1. The van der Waals surface area contributed by atoms with Crippen molar-refractivity contribution in [3.05, 3.63) is 145 Å². The monoisotopic (exact) mass is 763 g/mol.